The molecule has 2 unspecified atom stereocenters. The van der Waals surface area contributed by atoms with Crippen LogP contribution in [0.4, 0.5) is 11.4 Å². The lowest BCUT2D eigenvalue weighted by molar-refractivity contribution is -0.160. The number of nitrogens with zero attached hydrogens (tertiary/aromatic N) is 2. The van der Waals surface area contributed by atoms with E-state index in [1.165, 1.54) is 8.61 Å². The maximum atomic E-state index is 14.0. The van der Waals surface area contributed by atoms with Crippen molar-refractivity contribution in [3.63, 3.8) is 0 Å². The normalized spacial score (nSPS) is 15.5. The van der Waals surface area contributed by atoms with Gasteiger partial charge in [0.15, 0.2) is 0 Å². The van der Waals surface area contributed by atoms with Gasteiger partial charge in [0.1, 0.15) is 71.4 Å². The number of carbonyl (C=O) groups excluding carboxylic acids is 2. The number of alkyl halides is 1. The van der Waals surface area contributed by atoms with E-state index in [2.05, 4.69) is 15.9 Å². The number of methoxy groups -OCH3 is 2. The molecule has 16 nitrogen and oxygen atoms in total. The van der Waals surface area contributed by atoms with Crippen molar-refractivity contribution < 1.29 is 64.7 Å². The minimum Gasteiger partial charge on any atom is -0.497 e. The molecule has 0 spiro atoms. The van der Waals surface area contributed by atoms with Crippen LogP contribution in [0.15, 0.2) is 82.6 Å². The summed E-state index contributed by atoms with van der Waals surface area (Å²) < 4.78 is 95.2. The van der Waals surface area contributed by atoms with Gasteiger partial charge in [-0.1, -0.05) is 47.6 Å². The third-order valence-electron chi connectivity index (χ3n) is 9.79. The monoisotopic (exact) mass is 1050 g/mol. The molecule has 0 radical (unpaired) electrons. The number of aryl methyl sites for hydroxylation is 4. The van der Waals surface area contributed by atoms with Crippen molar-refractivity contribution in [2.24, 2.45) is 0 Å². The molecule has 0 aliphatic carbocycles. The molecule has 0 bridgehead atoms. The van der Waals surface area contributed by atoms with Gasteiger partial charge >= 0.3 is 11.9 Å². The number of para-hydroxylation sites is 4. The minimum absolute atomic E-state index is 0. The Hall–Kier alpha value is -5.08. The van der Waals surface area contributed by atoms with Gasteiger partial charge < -0.3 is 38.3 Å². The number of sulfonamides is 2. The first-order valence-corrected chi connectivity index (χ1v) is 25.3. The van der Waals surface area contributed by atoms with E-state index < -0.39 is 43.7 Å². The van der Waals surface area contributed by atoms with Crippen LogP contribution >= 0.6 is 15.9 Å². The summed E-state index contributed by atoms with van der Waals surface area (Å²) in [7, 11) is -4.79. The number of aliphatic hydroxyl groups is 1. The van der Waals surface area contributed by atoms with Gasteiger partial charge in [0.25, 0.3) is 20.0 Å². The number of halogens is 1. The first kappa shape index (κ1) is 57.2. The molecule has 19 heteroatoms. The van der Waals surface area contributed by atoms with Gasteiger partial charge in [-0.3, -0.25) is 13.4 Å². The number of fused-ring (bicyclic) bond motifs is 2. The first-order chi connectivity index (χ1) is 31.3. The van der Waals surface area contributed by atoms with Crippen LogP contribution in [0.1, 0.15) is 71.2 Å². The van der Waals surface area contributed by atoms with Gasteiger partial charge in [-0.05, 0) is 140 Å². The van der Waals surface area contributed by atoms with Gasteiger partial charge in [-0.15, -0.1) is 0 Å². The molecular formula is C49H67BrN2O14S2. The smallest absolute Gasteiger partial charge is 0.332 e. The quantitative estimate of drug-likeness (QED) is 0.105. The average Bonchev–Trinajstić information content (AvgIpc) is 3.24. The zero-order valence-corrected chi connectivity index (χ0v) is 43.4. The lowest BCUT2D eigenvalue weighted by Crippen LogP contribution is -2.49. The molecule has 6 rings (SSSR count). The summed E-state index contributed by atoms with van der Waals surface area (Å²) >= 11 is 2.99. The summed E-state index contributed by atoms with van der Waals surface area (Å²) in [5, 5.41) is 9.98. The fourth-order valence-electron chi connectivity index (χ4n) is 7.40. The van der Waals surface area contributed by atoms with Crippen LogP contribution in [0.25, 0.3) is 0 Å². The standard InChI is InChI=1S/C24H31NO7S.C18H21NO5S.C6H11BrO2.CH4/c1-16-11-19(29-6)12-17(2)23(16)33(27,28)25-18(13-30-15-22(26)32-24(3,4)5)14-31-21-10-8-7-9-20(21)25;1-12-8-15(23-3)9-13(2)18(12)25(21,22)19-14(10-20)11-24-17-7-5-4-6-16(17)19;1-6(2,3)9-5(8)4-7;/h7-12,18H,13-15H2,1-6H3;4-9,14,20H,10-11H2,1-3H3;4H2,1-3H3;1H4. The summed E-state index contributed by atoms with van der Waals surface area (Å²) in [4.78, 5) is 23.0. The van der Waals surface area contributed by atoms with E-state index in [1.807, 2.05) is 20.8 Å². The van der Waals surface area contributed by atoms with Gasteiger partial charge in [-0.25, -0.2) is 21.6 Å². The van der Waals surface area contributed by atoms with Crippen molar-refractivity contribution in [1.29, 1.82) is 0 Å². The SMILES string of the molecule is C.CC(C)(C)OC(=O)CBr.COc1cc(C)c(S(=O)(=O)N2c3ccccc3OCC2CO)c(C)c1.COc1cc(C)c(S(=O)(=O)N2c3ccccc3OCC2COCC(=O)OC(C)(C)C)c(C)c1. The summed E-state index contributed by atoms with van der Waals surface area (Å²) in [5.41, 5.74) is 2.20. The van der Waals surface area contributed by atoms with Crippen molar-refractivity contribution >= 4 is 59.3 Å². The maximum Gasteiger partial charge on any atom is 0.332 e. The highest BCUT2D eigenvalue weighted by atomic mass is 79.9. The number of anilines is 2. The molecule has 376 valence electrons. The molecule has 2 heterocycles. The second-order valence-corrected chi connectivity index (χ2v) is 21.7. The summed E-state index contributed by atoms with van der Waals surface area (Å²) in [6, 6.07) is 19.3. The second kappa shape index (κ2) is 24.0. The fraction of sp³-hybridized carbons (Fsp3) is 0.469. The highest BCUT2D eigenvalue weighted by Crippen LogP contribution is 2.41. The summed E-state index contributed by atoms with van der Waals surface area (Å²) in [5.74, 6) is 1.41. The largest absolute Gasteiger partial charge is 0.497 e. The lowest BCUT2D eigenvalue weighted by atomic mass is 10.1. The number of benzene rings is 4. The number of ether oxygens (including phenoxy) is 7. The van der Waals surface area contributed by atoms with Crippen molar-refractivity contribution in [2.75, 3.05) is 61.2 Å². The number of carbonyl (C=O) groups is 2. The molecular weight excluding hydrogens is 985 g/mol. The van der Waals surface area contributed by atoms with Gasteiger partial charge in [0.05, 0.1) is 48.6 Å². The zero-order valence-electron chi connectivity index (χ0n) is 40.2. The van der Waals surface area contributed by atoms with E-state index in [4.69, 9.17) is 33.2 Å². The first-order valence-electron chi connectivity index (χ1n) is 21.3. The third-order valence-corrected chi connectivity index (χ3v) is 14.6. The van der Waals surface area contributed by atoms with Crippen LogP contribution in [0.3, 0.4) is 0 Å². The Kier molecular flexibility index (Phi) is 20.2. The van der Waals surface area contributed by atoms with Crippen LogP contribution in [0.2, 0.25) is 0 Å². The molecule has 2 aliphatic heterocycles. The van der Waals surface area contributed by atoms with E-state index in [9.17, 15) is 31.5 Å². The number of esters is 2. The van der Waals surface area contributed by atoms with Crippen molar-refractivity contribution in [3.05, 3.63) is 95.1 Å². The van der Waals surface area contributed by atoms with Crippen LogP contribution < -0.4 is 27.6 Å². The molecule has 4 aromatic rings. The molecule has 2 atom stereocenters. The predicted octanol–water partition coefficient (Wildman–Crippen LogP) is 8.25. The second-order valence-electron chi connectivity index (χ2n) is 17.7. The Balaban J connectivity index is 0.000000309. The highest BCUT2D eigenvalue weighted by molar-refractivity contribution is 9.09. The Bertz CT molecular complexity index is 2550. The summed E-state index contributed by atoms with van der Waals surface area (Å²) in [6.45, 7) is 17.3. The van der Waals surface area contributed by atoms with Crippen LogP contribution in [0.5, 0.6) is 23.0 Å². The number of hydrogen-bond donors (Lipinski definition) is 1. The van der Waals surface area contributed by atoms with Crippen molar-refractivity contribution in [3.8, 4) is 23.0 Å². The van der Waals surface area contributed by atoms with Crippen LogP contribution in [-0.4, -0.2) is 110 Å². The Morgan fingerprint density at radius 2 is 1.03 bits per heavy atom. The van der Waals surface area contributed by atoms with E-state index in [-0.39, 0.29) is 67.2 Å². The maximum absolute atomic E-state index is 14.0. The van der Waals surface area contributed by atoms with Crippen molar-refractivity contribution in [1.82, 2.24) is 0 Å². The molecule has 2 aliphatic rings. The average molecular weight is 1050 g/mol. The molecule has 0 fully saturated rings. The predicted molar refractivity (Wildman–Crippen MR) is 266 cm³/mol. The lowest BCUT2D eigenvalue weighted by Gasteiger charge is -2.37. The third kappa shape index (κ3) is 14.5. The van der Waals surface area contributed by atoms with Gasteiger partial charge in [0.2, 0.25) is 0 Å². The number of aliphatic hydroxyl groups excluding tert-OH is 1. The fourth-order valence-corrected chi connectivity index (χ4v) is 11.6. The number of rotatable bonds is 12. The summed E-state index contributed by atoms with van der Waals surface area (Å²) in [6.07, 6.45) is 0. The number of hydrogen-bond acceptors (Lipinski definition) is 14. The zero-order chi connectivity index (χ0) is 50.1. The van der Waals surface area contributed by atoms with E-state index in [0.717, 1.165) is 0 Å². The molecule has 68 heavy (non-hydrogen) atoms. The molecule has 0 amide bonds. The van der Waals surface area contributed by atoms with E-state index >= 15 is 0 Å². The molecule has 0 saturated carbocycles. The molecule has 0 saturated heterocycles. The van der Waals surface area contributed by atoms with Crippen molar-refractivity contribution in [2.45, 2.75) is 110 Å². The van der Waals surface area contributed by atoms with E-state index in [1.54, 1.807) is 135 Å². The molecule has 0 aromatic heterocycles. The minimum atomic E-state index is -3.99. The Morgan fingerprint density at radius 1 is 0.662 bits per heavy atom. The molecule has 1 N–H and O–H groups in total. The Labute approximate surface area is 411 Å². The Morgan fingerprint density at radius 3 is 1.38 bits per heavy atom. The van der Waals surface area contributed by atoms with E-state index in [0.29, 0.717) is 56.6 Å². The van der Waals surface area contributed by atoms with Crippen LogP contribution in [0, 0.1) is 27.7 Å². The van der Waals surface area contributed by atoms with Gasteiger partial charge in [0, 0.05) is 0 Å². The van der Waals surface area contributed by atoms with Crippen LogP contribution in [-0.2, 0) is 43.8 Å². The molecule has 4 aromatic carbocycles. The topological polar surface area (TPSA) is 194 Å². The van der Waals surface area contributed by atoms with Gasteiger partial charge in [-0.2, -0.15) is 0 Å². The highest BCUT2D eigenvalue weighted by Gasteiger charge is 2.40.